The number of anilines is 1. The Kier molecular flexibility index (Phi) is 4.25. The molecule has 0 aliphatic heterocycles. The van der Waals surface area contributed by atoms with Gasteiger partial charge < -0.3 is 5.32 Å². The van der Waals surface area contributed by atoms with Crippen molar-refractivity contribution < 1.29 is 0 Å². The summed E-state index contributed by atoms with van der Waals surface area (Å²) in [6, 6.07) is 7.29. The molecule has 1 saturated carbocycles. The molecule has 0 bridgehead atoms. The van der Waals surface area contributed by atoms with E-state index in [0.717, 1.165) is 5.92 Å². The molecule has 0 radical (unpaired) electrons. The van der Waals surface area contributed by atoms with Crippen LogP contribution in [0.25, 0.3) is 0 Å². The van der Waals surface area contributed by atoms with E-state index in [1.54, 1.807) is 0 Å². The highest BCUT2D eigenvalue weighted by molar-refractivity contribution is 14.1. The highest BCUT2D eigenvalue weighted by Crippen LogP contribution is 2.39. The summed E-state index contributed by atoms with van der Waals surface area (Å²) < 4.78 is 1.31. The Morgan fingerprint density at radius 2 is 2.00 bits per heavy atom. The van der Waals surface area contributed by atoms with Crippen molar-refractivity contribution in [2.45, 2.75) is 53.0 Å². The Labute approximate surface area is 125 Å². The predicted molar refractivity (Wildman–Crippen MR) is 88.1 cm³/mol. The largest absolute Gasteiger partial charge is 0.382 e. The minimum absolute atomic E-state index is 0.479. The van der Waals surface area contributed by atoms with Gasteiger partial charge in [0.2, 0.25) is 0 Å². The third-order valence-corrected chi connectivity index (χ3v) is 4.61. The fourth-order valence-electron chi connectivity index (χ4n) is 3.46. The van der Waals surface area contributed by atoms with Crippen LogP contribution in [0, 0.1) is 21.8 Å². The van der Waals surface area contributed by atoms with E-state index in [1.807, 2.05) is 0 Å². The molecule has 1 aromatic rings. The van der Waals surface area contributed by atoms with Gasteiger partial charge in [-0.05, 0) is 83.9 Å². The van der Waals surface area contributed by atoms with Gasteiger partial charge in [0.1, 0.15) is 0 Å². The van der Waals surface area contributed by atoms with E-state index < -0.39 is 0 Å². The van der Waals surface area contributed by atoms with Gasteiger partial charge in [0.15, 0.2) is 0 Å². The summed E-state index contributed by atoms with van der Waals surface area (Å²) in [5.74, 6) is 0.829. The van der Waals surface area contributed by atoms with Crippen molar-refractivity contribution in [1.29, 1.82) is 0 Å². The van der Waals surface area contributed by atoms with Crippen LogP contribution in [0.15, 0.2) is 18.2 Å². The molecule has 1 aliphatic rings. The zero-order valence-electron chi connectivity index (χ0n) is 11.9. The highest BCUT2D eigenvalue weighted by Gasteiger charge is 2.31. The van der Waals surface area contributed by atoms with Crippen LogP contribution >= 0.6 is 22.6 Å². The lowest BCUT2D eigenvalue weighted by molar-refractivity contribution is 0.178. The Morgan fingerprint density at radius 1 is 1.28 bits per heavy atom. The maximum atomic E-state index is 3.76. The zero-order valence-corrected chi connectivity index (χ0v) is 14.0. The molecule has 1 nitrogen and oxygen atoms in total. The molecule has 0 amide bonds. The molecular formula is C16H24IN. The molecular weight excluding hydrogens is 333 g/mol. The Balaban J connectivity index is 2.09. The van der Waals surface area contributed by atoms with Gasteiger partial charge in [-0.25, -0.2) is 0 Å². The summed E-state index contributed by atoms with van der Waals surface area (Å²) >= 11 is 2.37. The number of aryl methyl sites for hydroxylation is 1. The number of rotatable bonds is 2. The number of nitrogens with one attached hydrogen (secondary N) is 1. The number of hydrogen-bond acceptors (Lipinski definition) is 1. The fraction of sp³-hybridized carbons (Fsp3) is 0.625. The molecule has 18 heavy (non-hydrogen) atoms. The third-order valence-electron chi connectivity index (χ3n) is 3.93. The smallest absolute Gasteiger partial charge is 0.0372 e. The monoisotopic (exact) mass is 357 g/mol. The Morgan fingerprint density at radius 3 is 2.61 bits per heavy atom. The van der Waals surface area contributed by atoms with Crippen LogP contribution in [0.5, 0.6) is 0 Å². The maximum Gasteiger partial charge on any atom is 0.0372 e. The van der Waals surface area contributed by atoms with Gasteiger partial charge in [-0.3, -0.25) is 0 Å². The first-order valence-electron chi connectivity index (χ1n) is 6.88. The zero-order chi connectivity index (χ0) is 13.3. The molecule has 2 rings (SSSR count). The topological polar surface area (TPSA) is 12.0 Å². The molecule has 2 unspecified atom stereocenters. The molecule has 1 aromatic carbocycles. The molecule has 0 aromatic heterocycles. The van der Waals surface area contributed by atoms with Crippen molar-refractivity contribution in [2.75, 3.05) is 5.32 Å². The molecule has 100 valence electrons. The quantitative estimate of drug-likeness (QED) is 0.715. The molecule has 2 heteroatoms. The van der Waals surface area contributed by atoms with Crippen molar-refractivity contribution in [2.24, 2.45) is 11.3 Å². The fourth-order valence-corrected chi connectivity index (χ4v) is 4.11. The second kappa shape index (κ2) is 5.40. The van der Waals surface area contributed by atoms with E-state index in [9.17, 15) is 0 Å². The maximum absolute atomic E-state index is 3.76. The SMILES string of the molecule is Cc1cc(I)ccc1NC1CC(C)CC(C)(C)C1. The second-order valence-electron chi connectivity index (χ2n) is 6.71. The van der Waals surface area contributed by atoms with Crippen LogP contribution in [0.3, 0.4) is 0 Å². The molecule has 1 fully saturated rings. The van der Waals surface area contributed by atoms with Crippen molar-refractivity contribution >= 4 is 28.3 Å². The molecule has 1 N–H and O–H groups in total. The summed E-state index contributed by atoms with van der Waals surface area (Å²) in [5, 5.41) is 3.76. The number of benzene rings is 1. The Hall–Kier alpha value is -0.250. The lowest BCUT2D eigenvalue weighted by atomic mass is 9.70. The van der Waals surface area contributed by atoms with E-state index >= 15 is 0 Å². The van der Waals surface area contributed by atoms with Crippen LogP contribution in [-0.4, -0.2) is 6.04 Å². The van der Waals surface area contributed by atoms with E-state index in [4.69, 9.17) is 0 Å². The molecule has 0 spiro atoms. The first kappa shape index (κ1) is 14.2. The molecule has 1 aliphatic carbocycles. The van der Waals surface area contributed by atoms with Gasteiger partial charge in [0, 0.05) is 15.3 Å². The first-order valence-corrected chi connectivity index (χ1v) is 7.96. The lowest BCUT2D eigenvalue weighted by Gasteiger charge is -2.39. The predicted octanol–water partition coefficient (Wildman–Crippen LogP) is 5.23. The average Bonchev–Trinajstić information content (AvgIpc) is 2.19. The van der Waals surface area contributed by atoms with Crippen molar-refractivity contribution in [1.82, 2.24) is 0 Å². The molecule has 2 atom stereocenters. The van der Waals surface area contributed by atoms with Gasteiger partial charge in [-0.15, -0.1) is 0 Å². The van der Waals surface area contributed by atoms with Crippen molar-refractivity contribution in [3.05, 3.63) is 27.3 Å². The summed E-state index contributed by atoms with van der Waals surface area (Å²) in [6.07, 6.45) is 3.94. The summed E-state index contributed by atoms with van der Waals surface area (Å²) in [4.78, 5) is 0. The van der Waals surface area contributed by atoms with Crippen molar-refractivity contribution in [3.8, 4) is 0 Å². The van der Waals surface area contributed by atoms with Crippen molar-refractivity contribution in [3.63, 3.8) is 0 Å². The lowest BCUT2D eigenvalue weighted by Crippen LogP contribution is -2.35. The summed E-state index contributed by atoms with van der Waals surface area (Å²) in [6.45, 7) is 9.38. The third kappa shape index (κ3) is 3.62. The van der Waals surface area contributed by atoms with Crippen LogP contribution < -0.4 is 5.32 Å². The summed E-state index contributed by atoms with van der Waals surface area (Å²) in [7, 11) is 0. The minimum atomic E-state index is 0.479. The van der Waals surface area contributed by atoms with Crippen LogP contribution in [0.2, 0.25) is 0 Å². The van der Waals surface area contributed by atoms with E-state index in [2.05, 4.69) is 73.8 Å². The van der Waals surface area contributed by atoms with Crippen LogP contribution in [0.1, 0.15) is 45.6 Å². The summed E-state index contributed by atoms with van der Waals surface area (Å²) in [5.41, 5.74) is 3.15. The number of halogens is 1. The highest BCUT2D eigenvalue weighted by atomic mass is 127. The van der Waals surface area contributed by atoms with Crippen LogP contribution in [0.4, 0.5) is 5.69 Å². The van der Waals surface area contributed by atoms with E-state index in [0.29, 0.717) is 11.5 Å². The Bertz CT molecular complexity index is 425. The molecule has 0 heterocycles. The minimum Gasteiger partial charge on any atom is -0.382 e. The number of hydrogen-bond donors (Lipinski definition) is 1. The average molecular weight is 357 g/mol. The van der Waals surface area contributed by atoms with Gasteiger partial charge in [0.25, 0.3) is 0 Å². The van der Waals surface area contributed by atoms with Crippen LogP contribution in [-0.2, 0) is 0 Å². The first-order chi connectivity index (χ1) is 8.35. The van der Waals surface area contributed by atoms with Gasteiger partial charge in [-0.1, -0.05) is 20.8 Å². The van der Waals surface area contributed by atoms with E-state index in [-0.39, 0.29) is 0 Å². The van der Waals surface area contributed by atoms with E-state index in [1.165, 1.54) is 34.1 Å². The second-order valence-corrected chi connectivity index (χ2v) is 7.96. The molecule has 0 saturated heterocycles. The normalized spacial score (nSPS) is 26.9. The van der Waals surface area contributed by atoms with Gasteiger partial charge in [-0.2, -0.15) is 0 Å². The van der Waals surface area contributed by atoms with Gasteiger partial charge >= 0.3 is 0 Å². The standard InChI is InChI=1S/C16H24IN/c1-11-7-14(10-16(3,4)9-11)18-15-6-5-13(17)8-12(15)2/h5-6,8,11,14,18H,7,9-10H2,1-4H3. The van der Waals surface area contributed by atoms with Gasteiger partial charge in [0.05, 0.1) is 0 Å².